The van der Waals surface area contributed by atoms with Crippen LogP contribution in [0.4, 0.5) is 5.69 Å². The van der Waals surface area contributed by atoms with E-state index in [0.717, 1.165) is 6.07 Å². The van der Waals surface area contributed by atoms with Gasteiger partial charge in [-0.15, -0.1) is 0 Å². The van der Waals surface area contributed by atoms with Crippen LogP contribution in [0.25, 0.3) is 0 Å². The number of ether oxygens (including phenoxy) is 1. The predicted octanol–water partition coefficient (Wildman–Crippen LogP) is 1.78. The van der Waals surface area contributed by atoms with Gasteiger partial charge in [-0.3, -0.25) is 19.7 Å². The standard InChI is InChI=1S/C12H11ClN2O5S/c13-7-1-2-10(9(5-7)15(18)19)20-6-11(16)14-8-3-4-21-12(8)17/h1-2,5,8H,3-4,6H2,(H,14,16)/t8-/m0/s1. The molecule has 1 saturated heterocycles. The third kappa shape index (κ3) is 4.08. The molecule has 1 aliphatic heterocycles. The third-order valence-electron chi connectivity index (χ3n) is 2.75. The normalized spacial score (nSPS) is 17.6. The summed E-state index contributed by atoms with van der Waals surface area (Å²) in [6, 6.07) is 3.39. The number of nitrogens with zero attached hydrogens (tertiary/aromatic N) is 1. The fourth-order valence-electron chi connectivity index (χ4n) is 1.76. The SMILES string of the molecule is O=C(COc1ccc(Cl)cc1[N+](=O)[O-])N[C@H]1CCSC1=O. The average molecular weight is 331 g/mol. The van der Waals surface area contributed by atoms with E-state index in [-0.39, 0.29) is 21.6 Å². The van der Waals surface area contributed by atoms with Gasteiger partial charge in [-0.05, 0) is 18.6 Å². The van der Waals surface area contributed by atoms with Crippen molar-refractivity contribution in [3.63, 3.8) is 0 Å². The van der Waals surface area contributed by atoms with Crippen molar-refractivity contribution in [1.29, 1.82) is 0 Å². The first-order valence-electron chi connectivity index (χ1n) is 6.00. The van der Waals surface area contributed by atoms with E-state index in [0.29, 0.717) is 12.2 Å². The van der Waals surface area contributed by atoms with E-state index in [9.17, 15) is 19.7 Å². The van der Waals surface area contributed by atoms with Gasteiger partial charge in [0.15, 0.2) is 12.4 Å². The molecule has 0 radical (unpaired) electrons. The Bertz CT molecular complexity index is 595. The molecule has 1 aromatic carbocycles. The summed E-state index contributed by atoms with van der Waals surface area (Å²) in [6.07, 6.45) is 0.580. The number of benzene rings is 1. The van der Waals surface area contributed by atoms with Crippen molar-refractivity contribution in [2.24, 2.45) is 0 Å². The number of nitrogens with one attached hydrogen (secondary N) is 1. The van der Waals surface area contributed by atoms with E-state index < -0.39 is 23.5 Å². The average Bonchev–Trinajstić information content (AvgIpc) is 2.82. The van der Waals surface area contributed by atoms with Crippen LogP contribution in [0, 0.1) is 10.1 Å². The molecule has 21 heavy (non-hydrogen) atoms. The fourth-order valence-corrected chi connectivity index (χ4v) is 2.86. The summed E-state index contributed by atoms with van der Waals surface area (Å²) < 4.78 is 5.13. The molecule has 1 aromatic rings. The van der Waals surface area contributed by atoms with Crippen molar-refractivity contribution in [1.82, 2.24) is 5.32 Å². The summed E-state index contributed by atoms with van der Waals surface area (Å²) in [5, 5.41) is 13.5. The number of thioether (sulfide) groups is 1. The zero-order chi connectivity index (χ0) is 15.4. The number of hydrogen-bond donors (Lipinski definition) is 1. The monoisotopic (exact) mass is 330 g/mol. The lowest BCUT2D eigenvalue weighted by Gasteiger charge is -2.11. The number of halogens is 1. The molecular weight excluding hydrogens is 320 g/mol. The van der Waals surface area contributed by atoms with Crippen molar-refractivity contribution in [2.75, 3.05) is 12.4 Å². The summed E-state index contributed by atoms with van der Waals surface area (Å²) in [4.78, 5) is 33.3. The van der Waals surface area contributed by atoms with Crippen LogP contribution in [0.5, 0.6) is 5.75 Å². The van der Waals surface area contributed by atoms with Crippen molar-refractivity contribution in [3.05, 3.63) is 33.3 Å². The van der Waals surface area contributed by atoms with Gasteiger partial charge >= 0.3 is 5.69 Å². The van der Waals surface area contributed by atoms with Crippen LogP contribution in [0.15, 0.2) is 18.2 Å². The van der Waals surface area contributed by atoms with Gasteiger partial charge < -0.3 is 10.1 Å². The maximum absolute atomic E-state index is 11.7. The lowest BCUT2D eigenvalue weighted by Crippen LogP contribution is -2.39. The van der Waals surface area contributed by atoms with Gasteiger partial charge in [0.1, 0.15) is 0 Å². The Balaban J connectivity index is 1.95. The van der Waals surface area contributed by atoms with E-state index >= 15 is 0 Å². The number of nitro benzene ring substituents is 1. The minimum atomic E-state index is -0.643. The molecule has 0 spiro atoms. The Labute approximate surface area is 129 Å². The minimum absolute atomic E-state index is 0.0494. The molecule has 0 bridgehead atoms. The van der Waals surface area contributed by atoms with Gasteiger partial charge in [0.2, 0.25) is 5.12 Å². The number of carbonyl (C=O) groups is 2. The van der Waals surface area contributed by atoms with Crippen molar-refractivity contribution in [2.45, 2.75) is 12.5 Å². The first kappa shape index (κ1) is 15.6. The molecular formula is C12H11ClN2O5S. The molecule has 7 nitrogen and oxygen atoms in total. The summed E-state index contributed by atoms with van der Waals surface area (Å²) in [7, 11) is 0. The number of hydrogen-bond acceptors (Lipinski definition) is 6. The Hall–Kier alpha value is -1.80. The quantitative estimate of drug-likeness (QED) is 0.652. The highest BCUT2D eigenvalue weighted by Crippen LogP contribution is 2.29. The van der Waals surface area contributed by atoms with E-state index in [2.05, 4.69) is 5.32 Å². The largest absolute Gasteiger partial charge is 0.477 e. The highest BCUT2D eigenvalue weighted by Gasteiger charge is 2.27. The first-order valence-corrected chi connectivity index (χ1v) is 7.36. The second-order valence-corrected chi connectivity index (χ2v) is 5.77. The van der Waals surface area contributed by atoms with Gasteiger partial charge in [0.05, 0.1) is 11.0 Å². The molecule has 1 amide bonds. The summed E-state index contributed by atoms with van der Waals surface area (Å²) in [5.41, 5.74) is -0.317. The van der Waals surface area contributed by atoms with Crippen molar-refractivity contribution >= 4 is 40.1 Å². The maximum Gasteiger partial charge on any atom is 0.312 e. The van der Waals surface area contributed by atoms with Crippen LogP contribution in [0.1, 0.15) is 6.42 Å². The highest BCUT2D eigenvalue weighted by molar-refractivity contribution is 8.14. The van der Waals surface area contributed by atoms with E-state index in [1.54, 1.807) is 0 Å². The third-order valence-corrected chi connectivity index (χ3v) is 3.99. The van der Waals surface area contributed by atoms with Crippen LogP contribution in [-0.2, 0) is 9.59 Å². The molecule has 1 heterocycles. The van der Waals surface area contributed by atoms with E-state index in [1.165, 1.54) is 23.9 Å². The fraction of sp³-hybridized carbons (Fsp3) is 0.333. The zero-order valence-electron chi connectivity index (χ0n) is 10.7. The van der Waals surface area contributed by atoms with Gasteiger partial charge in [-0.2, -0.15) is 0 Å². The lowest BCUT2D eigenvalue weighted by molar-refractivity contribution is -0.385. The molecule has 1 aliphatic rings. The summed E-state index contributed by atoms with van der Waals surface area (Å²) in [6.45, 7) is -0.406. The minimum Gasteiger partial charge on any atom is -0.477 e. The topological polar surface area (TPSA) is 98.5 Å². The first-order chi connectivity index (χ1) is 9.97. The van der Waals surface area contributed by atoms with Gasteiger partial charge in [0, 0.05) is 16.8 Å². The molecule has 9 heteroatoms. The maximum atomic E-state index is 11.7. The Kier molecular flexibility index (Phi) is 5.03. The molecule has 0 aliphatic carbocycles. The molecule has 112 valence electrons. The molecule has 0 aromatic heterocycles. The molecule has 0 saturated carbocycles. The molecule has 1 N–H and O–H groups in total. The summed E-state index contributed by atoms with van der Waals surface area (Å²) >= 11 is 6.85. The van der Waals surface area contributed by atoms with Crippen LogP contribution >= 0.6 is 23.4 Å². The zero-order valence-corrected chi connectivity index (χ0v) is 12.3. The van der Waals surface area contributed by atoms with Crippen LogP contribution in [0.2, 0.25) is 5.02 Å². The molecule has 0 unspecified atom stereocenters. The van der Waals surface area contributed by atoms with Crippen LogP contribution in [-0.4, -0.2) is 34.3 Å². The molecule has 1 fully saturated rings. The lowest BCUT2D eigenvalue weighted by atomic mass is 10.2. The Morgan fingerprint density at radius 1 is 1.57 bits per heavy atom. The van der Waals surface area contributed by atoms with Gasteiger partial charge in [-0.25, -0.2) is 0 Å². The molecule has 2 rings (SSSR count). The predicted molar refractivity (Wildman–Crippen MR) is 77.6 cm³/mol. The number of rotatable bonds is 5. The number of carbonyl (C=O) groups excluding carboxylic acids is 2. The second-order valence-electron chi connectivity index (χ2n) is 4.23. The molecule has 1 atom stereocenters. The van der Waals surface area contributed by atoms with Gasteiger partial charge in [0.25, 0.3) is 5.91 Å². The van der Waals surface area contributed by atoms with E-state index in [4.69, 9.17) is 16.3 Å². The van der Waals surface area contributed by atoms with Crippen LogP contribution < -0.4 is 10.1 Å². The van der Waals surface area contributed by atoms with Crippen molar-refractivity contribution < 1.29 is 19.2 Å². The highest BCUT2D eigenvalue weighted by atomic mass is 35.5. The number of amides is 1. The second kappa shape index (κ2) is 6.77. The smallest absolute Gasteiger partial charge is 0.312 e. The van der Waals surface area contributed by atoms with Crippen LogP contribution in [0.3, 0.4) is 0 Å². The van der Waals surface area contributed by atoms with Gasteiger partial charge in [-0.1, -0.05) is 23.4 Å². The Morgan fingerprint density at radius 3 is 2.95 bits per heavy atom. The summed E-state index contributed by atoms with van der Waals surface area (Å²) in [5.74, 6) is 0.125. The van der Waals surface area contributed by atoms with E-state index in [1.807, 2.05) is 0 Å². The Morgan fingerprint density at radius 2 is 2.33 bits per heavy atom. The number of nitro groups is 1. The van der Waals surface area contributed by atoms with Crippen molar-refractivity contribution in [3.8, 4) is 5.75 Å².